The normalized spacial score (nSPS) is 11.9. The molecule has 37 heavy (non-hydrogen) atoms. The second kappa shape index (κ2) is 11.6. The van der Waals surface area contributed by atoms with Crippen molar-refractivity contribution in [3.8, 4) is 0 Å². The van der Waals surface area contributed by atoms with Gasteiger partial charge in [-0.25, -0.2) is 12.8 Å². The van der Waals surface area contributed by atoms with Gasteiger partial charge < -0.3 is 10.2 Å². The minimum absolute atomic E-state index is 0.121. The lowest BCUT2D eigenvalue weighted by atomic mass is 10.1. The Kier molecular flexibility index (Phi) is 8.56. The standard InChI is InChI=1S/C25H25FN4O6S/c1-18(25(32)27-2)28(16-19-9-6-7-14-23(19)26)24(31)17-29(20-10-8-11-21(15-20)30(33)34)37(35,36)22-12-4-3-5-13-22/h3-15,18H,16-17H2,1-2H3,(H,27,32)/t18-/m0/s1. The van der Waals surface area contributed by atoms with Gasteiger partial charge in [-0.05, 0) is 31.2 Å². The number of hydrogen-bond acceptors (Lipinski definition) is 6. The van der Waals surface area contributed by atoms with Gasteiger partial charge in [-0.2, -0.15) is 0 Å². The zero-order valence-corrected chi connectivity index (χ0v) is 20.9. The third kappa shape index (κ3) is 6.28. The fourth-order valence-corrected chi connectivity index (χ4v) is 5.04. The molecule has 0 bridgehead atoms. The molecule has 0 heterocycles. The molecule has 1 atom stereocenters. The van der Waals surface area contributed by atoms with Crippen LogP contribution < -0.4 is 9.62 Å². The van der Waals surface area contributed by atoms with Gasteiger partial charge in [0.15, 0.2) is 0 Å². The number of halogens is 1. The molecule has 12 heteroatoms. The topological polar surface area (TPSA) is 130 Å². The van der Waals surface area contributed by atoms with E-state index in [2.05, 4.69) is 5.32 Å². The maximum Gasteiger partial charge on any atom is 0.271 e. The lowest BCUT2D eigenvalue weighted by Gasteiger charge is -2.31. The fraction of sp³-hybridized carbons (Fsp3) is 0.200. The molecule has 194 valence electrons. The van der Waals surface area contributed by atoms with Crippen molar-refractivity contribution in [3.63, 3.8) is 0 Å². The Hall–Kier alpha value is -4.32. The van der Waals surface area contributed by atoms with Gasteiger partial charge in [0.25, 0.3) is 15.7 Å². The van der Waals surface area contributed by atoms with Crippen LogP contribution in [0, 0.1) is 15.9 Å². The quantitative estimate of drug-likeness (QED) is 0.318. The van der Waals surface area contributed by atoms with Crippen LogP contribution in [-0.4, -0.2) is 49.7 Å². The van der Waals surface area contributed by atoms with E-state index in [1.54, 1.807) is 12.1 Å². The van der Waals surface area contributed by atoms with Crippen LogP contribution in [0.1, 0.15) is 12.5 Å². The number of likely N-dealkylation sites (N-methyl/N-ethyl adjacent to an activating group) is 1. The molecule has 0 saturated heterocycles. The number of non-ortho nitro benzene ring substituents is 1. The molecule has 10 nitrogen and oxygen atoms in total. The maximum atomic E-state index is 14.4. The van der Waals surface area contributed by atoms with E-state index in [0.29, 0.717) is 0 Å². The summed E-state index contributed by atoms with van der Waals surface area (Å²) in [6.07, 6.45) is 0. The van der Waals surface area contributed by atoms with Crippen molar-refractivity contribution < 1.29 is 27.3 Å². The molecule has 3 rings (SSSR count). The minimum atomic E-state index is -4.37. The van der Waals surface area contributed by atoms with Crippen molar-refractivity contribution in [1.29, 1.82) is 0 Å². The highest BCUT2D eigenvalue weighted by molar-refractivity contribution is 7.92. The number of nitrogens with one attached hydrogen (secondary N) is 1. The van der Waals surface area contributed by atoms with Gasteiger partial charge in [-0.1, -0.05) is 42.5 Å². The average Bonchev–Trinajstić information content (AvgIpc) is 2.90. The van der Waals surface area contributed by atoms with E-state index in [1.807, 2.05) is 0 Å². The summed E-state index contributed by atoms with van der Waals surface area (Å²) in [4.78, 5) is 37.6. The molecule has 1 N–H and O–H groups in total. The van der Waals surface area contributed by atoms with E-state index >= 15 is 0 Å². The minimum Gasteiger partial charge on any atom is -0.357 e. The number of nitro benzene ring substituents is 1. The summed E-state index contributed by atoms with van der Waals surface area (Å²) >= 11 is 0. The van der Waals surface area contributed by atoms with Gasteiger partial charge in [0, 0.05) is 31.3 Å². The summed E-state index contributed by atoms with van der Waals surface area (Å²) in [5.74, 6) is -1.96. The molecule has 0 fully saturated rings. The van der Waals surface area contributed by atoms with Crippen LogP contribution in [0.5, 0.6) is 0 Å². The number of anilines is 1. The number of amides is 2. The molecule has 0 radical (unpaired) electrons. The highest BCUT2D eigenvalue weighted by atomic mass is 32.2. The van der Waals surface area contributed by atoms with Crippen LogP contribution in [-0.2, 0) is 26.2 Å². The van der Waals surface area contributed by atoms with Crippen LogP contribution in [0.25, 0.3) is 0 Å². The first-order chi connectivity index (χ1) is 17.6. The smallest absolute Gasteiger partial charge is 0.271 e. The number of hydrogen-bond donors (Lipinski definition) is 1. The van der Waals surface area contributed by atoms with Crippen molar-refractivity contribution >= 4 is 33.2 Å². The summed E-state index contributed by atoms with van der Waals surface area (Å²) in [6.45, 7) is 0.323. The summed E-state index contributed by atoms with van der Waals surface area (Å²) in [7, 11) is -2.99. The van der Waals surface area contributed by atoms with E-state index in [0.717, 1.165) is 15.3 Å². The average molecular weight is 529 g/mol. The van der Waals surface area contributed by atoms with Gasteiger partial charge in [-0.3, -0.25) is 24.0 Å². The van der Waals surface area contributed by atoms with Crippen molar-refractivity contribution in [1.82, 2.24) is 10.2 Å². The van der Waals surface area contributed by atoms with Gasteiger partial charge in [0.1, 0.15) is 18.4 Å². The Morgan fingerprint density at radius 2 is 1.68 bits per heavy atom. The summed E-state index contributed by atoms with van der Waals surface area (Å²) < 4.78 is 42.3. The predicted octanol–water partition coefficient (Wildman–Crippen LogP) is 3.09. The lowest BCUT2D eigenvalue weighted by Crippen LogP contribution is -2.50. The van der Waals surface area contributed by atoms with E-state index in [9.17, 15) is 32.5 Å². The first kappa shape index (κ1) is 27.3. The van der Waals surface area contributed by atoms with E-state index in [-0.39, 0.29) is 28.4 Å². The number of nitrogens with zero attached hydrogens (tertiary/aromatic N) is 3. The van der Waals surface area contributed by atoms with Gasteiger partial charge in [0.05, 0.1) is 15.5 Å². The number of sulfonamides is 1. The highest BCUT2D eigenvalue weighted by Crippen LogP contribution is 2.27. The Morgan fingerprint density at radius 1 is 1.03 bits per heavy atom. The number of nitro groups is 1. The Morgan fingerprint density at radius 3 is 2.30 bits per heavy atom. The van der Waals surface area contributed by atoms with Gasteiger partial charge in [0.2, 0.25) is 11.8 Å². The van der Waals surface area contributed by atoms with Crippen LogP contribution in [0.2, 0.25) is 0 Å². The van der Waals surface area contributed by atoms with Crippen LogP contribution in [0.3, 0.4) is 0 Å². The van der Waals surface area contributed by atoms with Crippen LogP contribution >= 0.6 is 0 Å². The zero-order chi connectivity index (χ0) is 27.2. The summed E-state index contributed by atoms with van der Waals surface area (Å²) in [5.41, 5.74) is -0.371. The SMILES string of the molecule is CNC(=O)[C@H](C)N(Cc1ccccc1F)C(=O)CN(c1cccc([N+](=O)[O-])c1)S(=O)(=O)c1ccccc1. The Labute approximate surface area is 213 Å². The highest BCUT2D eigenvalue weighted by Gasteiger charge is 2.33. The lowest BCUT2D eigenvalue weighted by molar-refractivity contribution is -0.384. The van der Waals surface area contributed by atoms with E-state index < -0.39 is 45.2 Å². The molecular weight excluding hydrogens is 503 g/mol. The molecule has 3 aromatic rings. The number of rotatable bonds is 10. The molecule has 3 aromatic carbocycles. The third-order valence-corrected chi connectivity index (χ3v) is 7.44. The molecular formula is C25H25FN4O6S. The zero-order valence-electron chi connectivity index (χ0n) is 20.1. The largest absolute Gasteiger partial charge is 0.357 e. The van der Waals surface area contributed by atoms with Crippen molar-refractivity contribution in [3.05, 3.63) is 100 Å². The first-order valence-corrected chi connectivity index (χ1v) is 12.6. The molecule has 0 spiro atoms. The Balaban J connectivity index is 2.08. The third-order valence-electron chi connectivity index (χ3n) is 5.65. The second-order valence-corrected chi connectivity index (χ2v) is 9.87. The monoisotopic (exact) mass is 528 g/mol. The van der Waals surface area contributed by atoms with Crippen molar-refractivity contribution in [2.75, 3.05) is 17.9 Å². The summed E-state index contributed by atoms with van der Waals surface area (Å²) in [5, 5.41) is 13.8. The van der Waals surface area contributed by atoms with E-state index in [1.165, 1.54) is 74.6 Å². The molecule has 0 aliphatic rings. The van der Waals surface area contributed by atoms with Crippen LogP contribution in [0.4, 0.5) is 15.8 Å². The van der Waals surface area contributed by atoms with Crippen LogP contribution in [0.15, 0.2) is 83.8 Å². The number of benzene rings is 3. The molecule has 2 amide bonds. The predicted molar refractivity (Wildman–Crippen MR) is 135 cm³/mol. The first-order valence-electron chi connectivity index (χ1n) is 11.1. The Bertz CT molecular complexity index is 1400. The molecule has 0 aliphatic carbocycles. The maximum absolute atomic E-state index is 14.4. The number of carbonyl (C=O) groups is 2. The number of carbonyl (C=O) groups excluding carboxylic acids is 2. The van der Waals surface area contributed by atoms with E-state index in [4.69, 9.17) is 0 Å². The molecule has 0 aromatic heterocycles. The second-order valence-electron chi connectivity index (χ2n) is 8.00. The molecule has 0 unspecified atom stereocenters. The van der Waals surface area contributed by atoms with Gasteiger partial charge >= 0.3 is 0 Å². The summed E-state index contributed by atoms with van der Waals surface area (Å²) in [6, 6.07) is 16.7. The van der Waals surface area contributed by atoms with Crippen molar-refractivity contribution in [2.45, 2.75) is 24.4 Å². The molecule has 0 aliphatic heterocycles. The van der Waals surface area contributed by atoms with Crippen molar-refractivity contribution in [2.24, 2.45) is 0 Å². The van der Waals surface area contributed by atoms with Gasteiger partial charge in [-0.15, -0.1) is 0 Å². The molecule has 0 saturated carbocycles. The fourth-order valence-electron chi connectivity index (χ4n) is 3.61.